The third-order valence-corrected chi connectivity index (χ3v) is 4.71. The average Bonchev–Trinajstić information content (AvgIpc) is 2.69. The number of hydrogen-bond donors (Lipinski definition) is 2. The van der Waals surface area contributed by atoms with E-state index in [0.29, 0.717) is 11.4 Å². The van der Waals surface area contributed by atoms with Crippen LogP contribution >= 0.6 is 0 Å². The lowest BCUT2D eigenvalue weighted by Gasteiger charge is -2.22. The molecule has 5 nitrogen and oxygen atoms in total. The van der Waals surface area contributed by atoms with E-state index < -0.39 is 0 Å². The number of nitrogens with one attached hydrogen (secondary N) is 1. The van der Waals surface area contributed by atoms with E-state index in [1.165, 1.54) is 6.08 Å². The molecule has 0 heterocycles. The van der Waals surface area contributed by atoms with E-state index in [4.69, 9.17) is 10.5 Å². The van der Waals surface area contributed by atoms with Gasteiger partial charge in [-0.3, -0.25) is 4.79 Å². The Balaban J connectivity index is 2.03. The van der Waals surface area contributed by atoms with Crippen LogP contribution in [0.4, 0.5) is 17.1 Å². The highest BCUT2D eigenvalue weighted by molar-refractivity contribution is 6.01. The van der Waals surface area contributed by atoms with Crippen molar-refractivity contribution in [3.8, 4) is 0 Å². The maximum atomic E-state index is 12.1. The van der Waals surface area contributed by atoms with E-state index in [9.17, 15) is 4.79 Å². The minimum atomic E-state index is -0.217. The van der Waals surface area contributed by atoms with Gasteiger partial charge in [0.05, 0.1) is 17.5 Å². The fourth-order valence-corrected chi connectivity index (χ4v) is 3.17. The fourth-order valence-electron chi connectivity index (χ4n) is 3.17. The van der Waals surface area contributed by atoms with Crippen LogP contribution in [0.3, 0.4) is 0 Å². The first-order valence-corrected chi connectivity index (χ1v) is 9.64. The first kappa shape index (κ1) is 22.2. The van der Waals surface area contributed by atoms with Crippen molar-refractivity contribution in [1.29, 1.82) is 0 Å². The molecule has 0 aromatic heterocycles. The molecule has 2 rings (SSSR count). The molecule has 2 aromatic rings. The number of ether oxygens (including phenoxy) is 1. The molecule has 3 N–H and O–H groups in total. The summed E-state index contributed by atoms with van der Waals surface area (Å²) in [4.78, 5) is 14.2. The van der Waals surface area contributed by atoms with Crippen molar-refractivity contribution in [3.05, 3.63) is 77.9 Å². The molecule has 0 spiro atoms. The van der Waals surface area contributed by atoms with Crippen LogP contribution in [-0.4, -0.2) is 27.1 Å². The molecular formula is C24H31N3O2. The summed E-state index contributed by atoms with van der Waals surface area (Å²) in [6, 6.07) is 15.5. The van der Waals surface area contributed by atoms with Crippen molar-refractivity contribution in [1.82, 2.24) is 0 Å². The normalized spacial score (nSPS) is 13.9. The highest BCUT2D eigenvalue weighted by atomic mass is 16.5. The topological polar surface area (TPSA) is 67.6 Å². The van der Waals surface area contributed by atoms with Crippen molar-refractivity contribution in [3.63, 3.8) is 0 Å². The van der Waals surface area contributed by atoms with Gasteiger partial charge in [0.25, 0.3) is 0 Å². The number of hydrogen-bond acceptors (Lipinski definition) is 4. The van der Waals surface area contributed by atoms with E-state index in [0.717, 1.165) is 16.8 Å². The van der Waals surface area contributed by atoms with Gasteiger partial charge in [-0.15, -0.1) is 0 Å². The standard InChI is InChI=1S/C24H31N3O2/c1-17(10-15-23(28)26-22-9-7-6-8-21(22)25)16-18(2)24(29-5)19-11-13-20(14-12-19)27(3)4/h6-16,18,24H,25H2,1-5H3,(H,26,28). The smallest absolute Gasteiger partial charge is 0.248 e. The minimum Gasteiger partial charge on any atom is -0.397 e. The Labute approximate surface area is 173 Å². The Morgan fingerprint density at radius 3 is 2.34 bits per heavy atom. The van der Waals surface area contributed by atoms with Gasteiger partial charge in [-0.05, 0) is 36.8 Å². The van der Waals surface area contributed by atoms with Gasteiger partial charge in [0, 0.05) is 38.9 Å². The van der Waals surface area contributed by atoms with Crippen molar-refractivity contribution in [2.45, 2.75) is 20.0 Å². The third-order valence-electron chi connectivity index (χ3n) is 4.71. The Kier molecular flexibility index (Phi) is 8.04. The number of amides is 1. The van der Waals surface area contributed by atoms with Gasteiger partial charge in [0.2, 0.25) is 5.91 Å². The second-order valence-corrected chi connectivity index (χ2v) is 7.32. The summed E-state index contributed by atoms with van der Waals surface area (Å²) in [5.74, 6) is -0.0754. The molecule has 0 radical (unpaired) electrons. The van der Waals surface area contributed by atoms with E-state index in [2.05, 4.69) is 47.5 Å². The molecule has 5 heteroatoms. The molecule has 0 saturated heterocycles. The molecule has 1 amide bonds. The van der Waals surface area contributed by atoms with Crippen LogP contribution in [-0.2, 0) is 9.53 Å². The molecule has 2 atom stereocenters. The van der Waals surface area contributed by atoms with Crippen LogP contribution in [0, 0.1) is 5.92 Å². The summed E-state index contributed by atoms with van der Waals surface area (Å²) in [5.41, 5.74) is 10.3. The number of nitrogens with zero attached hydrogens (tertiary/aromatic N) is 1. The quantitative estimate of drug-likeness (QED) is 0.384. The van der Waals surface area contributed by atoms with E-state index in [-0.39, 0.29) is 17.9 Å². The maximum Gasteiger partial charge on any atom is 0.248 e. The number of carbonyl (C=O) groups is 1. The number of benzene rings is 2. The van der Waals surface area contributed by atoms with Crippen LogP contribution in [0.2, 0.25) is 0 Å². The Bertz CT molecular complexity index is 870. The average molecular weight is 394 g/mol. The van der Waals surface area contributed by atoms with Crippen molar-refractivity contribution >= 4 is 23.0 Å². The first-order chi connectivity index (χ1) is 13.8. The molecule has 0 aliphatic carbocycles. The third kappa shape index (κ3) is 6.50. The van der Waals surface area contributed by atoms with Gasteiger partial charge >= 0.3 is 0 Å². The van der Waals surface area contributed by atoms with Crippen molar-refractivity contribution < 1.29 is 9.53 Å². The fraction of sp³-hybridized carbons (Fsp3) is 0.292. The molecule has 0 saturated carbocycles. The lowest BCUT2D eigenvalue weighted by Crippen LogP contribution is -2.12. The molecule has 2 unspecified atom stereocenters. The summed E-state index contributed by atoms with van der Waals surface area (Å²) in [6.45, 7) is 4.08. The van der Waals surface area contributed by atoms with Gasteiger partial charge in [-0.2, -0.15) is 0 Å². The summed E-state index contributed by atoms with van der Waals surface area (Å²) < 4.78 is 5.74. The predicted molar refractivity (Wildman–Crippen MR) is 122 cm³/mol. The number of allylic oxidation sites excluding steroid dienone is 2. The van der Waals surface area contributed by atoms with Crippen LogP contribution < -0.4 is 16.0 Å². The van der Waals surface area contributed by atoms with Crippen molar-refractivity contribution in [2.24, 2.45) is 5.92 Å². The molecule has 0 fully saturated rings. The molecule has 29 heavy (non-hydrogen) atoms. The van der Waals surface area contributed by atoms with Crippen LogP contribution in [0.1, 0.15) is 25.5 Å². The zero-order chi connectivity index (χ0) is 21.4. The number of nitrogens with two attached hydrogens (primary N) is 1. The molecule has 0 bridgehead atoms. The number of methoxy groups -OCH3 is 1. The lowest BCUT2D eigenvalue weighted by molar-refractivity contribution is -0.111. The number of nitrogen functional groups attached to an aromatic ring is 1. The Morgan fingerprint density at radius 2 is 1.76 bits per heavy atom. The summed E-state index contributed by atoms with van der Waals surface area (Å²) in [7, 11) is 5.76. The zero-order valence-corrected chi connectivity index (χ0v) is 17.8. The second kappa shape index (κ2) is 10.5. The Hall–Kier alpha value is -3.05. The predicted octanol–water partition coefficient (Wildman–Crippen LogP) is 4.80. The van der Waals surface area contributed by atoms with Gasteiger partial charge in [0.1, 0.15) is 0 Å². The lowest BCUT2D eigenvalue weighted by atomic mass is 9.95. The largest absolute Gasteiger partial charge is 0.397 e. The maximum absolute atomic E-state index is 12.1. The monoisotopic (exact) mass is 393 g/mol. The first-order valence-electron chi connectivity index (χ1n) is 9.64. The highest BCUT2D eigenvalue weighted by Crippen LogP contribution is 2.28. The Morgan fingerprint density at radius 1 is 1.10 bits per heavy atom. The summed E-state index contributed by atoms with van der Waals surface area (Å²) in [5, 5.41) is 2.79. The summed E-state index contributed by atoms with van der Waals surface area (Å²) >= 11 is 0. The van der Waals surface area contributed by atoms with Gasteiger partial charge in [-0.25, -0.2) is 0 Å². The van der Waals surface area contributed by atoms with Gasteiger partial charge in [-0.1, -0.05) is 48.9 Å². The number of anilines is 3. The molecule has 154 valence electrons. The second-order valence-electron chi connectivity index (χ2n) is 7.32. The summed E-state index contributed by atoms with van der Waals surface area (Å²) in [6.07, 6.45) is 5.35. The number of rotatable bonds is 8. The minimum absolute atomic E-state index is 0.0625. The van der Waals surface area contributed by atoms with Crippen LogP contribution in [0.5, 0.6) is 0 Å². The van der Waals surface area contributed by atoms with E-state index in [1.54, 1.807) is 25.3 Å². The van der Waals surface area contributed by atoms with E-state index in [1.807, 2.05) is 33.2 Å². The molecule has 0 aliphatic heterocycles. The van der Waals surface area contributed by atoms with Gasteiger partial charge in [0.15, 0.2) is 0 Å². The highest BCUT2D eigenvalue weighted by Gasteiger charge is 2.17. The van der Waals surface area contributed by atoms with Crippen LogP contribution in [0.25, 0.3) is 0 Å². The molecule has 0 aliphatic rings. The number of carbonyl (C=O) groups excluding carboxylic acids is 1. The van der Waals surface area contributed by atoms with E-state index >= 15 is 0 Å². The van der Waals surface area contributed by atoms with Crippen LogP contribution in [0.15, 0.2) is 72.3 Å². The SMILES string of the molecule is COC(c1ccc(N(C)C)cc1)C(C)C=C(C)C=CC(=O)Nc1ccccc1N. The van der Waals surface area contributed by atoms with Gasteiger partial charge < -0.3 is 20.7 Å². The molecule has 2 aromatic carbocycles. The number of para-hydroxylation sites is 2. The zero-order valence-electron chi connectivity index (χ0n) is 17.8. The molecular weight excluding hydrogens is 362 g/mol. The van der Waals surface area contributed by atoms with Crippen molar-refractivity contribution in [2.75, 3.05) is 37.2 Å².